The number of alkyl halides is 5. The highest BCUT2D eigenvalue weighted by Gasteiger charge is 2.60. The molecule has 0 aliphatic carbocycles. The summed E-state index contributed by atoms with van der Waals surface area (Å²) in [5, 5.41) is 0. The van der Waals surface area contributed by atoms with E-state index in [9.17, 15) is 39.6 Å². The molecule has 1 aromatic rings. The number of hydrogen-bond donors (Lipinski definition) is 0. The number of rotatable bonds is 3. The molecule has 1 rings (SSSR count). The Labute approximate surface area is 120 Å². The Bertz CT molecular complexity index is 708. The van der Waals surface area contributed by atoms with Gasteiger partial charge < -0.3 is 4.74 Å². The third kappa shape index (κ3) is 3.18. The first-order valence-corrected chi connectivity index (χ1v) is 7.19. The summed E-state index contributed by atoms with van der Waals surface area (Å²) in [6.45, 7) is 0. The maximum atomic E-state index is 13.6. The van der Waals surface area contributed by atoms with E-state index in [1.54, 1.807) is 0 Å². The largest absolute Gasteiger partial charge is 0.465 e. The smallest absolute Gasteiger partial charge is 0.458 e. The number of hydrogen-bond acceptors (Lipinski definition) is 4. The fourth-order valence-electron chi connectivity index (χ4n) is 1.53. The van der Waals surface area contributed by atoms with E-state index in [-0.39, 0.29) is 12.1 Å². The molecule has 0 aliphatic rings. The van der Waals surface area contributed by atoms with Gasteiger partial charge >= 0.3 is 18.1 Å². The lowest BCUT2D eigenvalue weighted by molar-refractivity contribution is -0.289. The van der Waals surface area contributed by atoms with Crippen molar-refractivity contribution in [2.24, 2.45) is 0 Å². The van der Waals surface area contributed by atoms with Crippen molar-refractivity contribution >= 4 is 15.8 Å². The number of benzene rings is 1. The molecule has 0 amide bonds. The van der Waals surface area contributed by atoms with Crippen molar-refractivity contribution in [3.05, 3.63) is 29.1 Å². The van der Waals surface area contributed by atoms with Crippen molar-refractivity contribution in [2.75, 3.05) is 13.4 Å². The lowest BCUT2D eigenvalue weighted by Gasteiger charge is -2.22. The fourth-order valence-corrected chi connectivity index (χ4v) is 2.27. The van der Waals surface area contributed by atoms with Gasteiger partial charge in [-0.2, -0.15) is 22.0 Å². The molecule has 0 N–H and O–H groups in total. The Morgan fingerprint density at radius 3 is 2.00 bits per heavy atom. The molecule has 0 saturated carbocycles. The van der Waals surface area contributed by atoms with Gasteiger partial charge in [-0.05, 0) is 12.1 Å². The zero-order valence-corrected chi connectivity index (χ0v) is 11.8. The van der Waals surface area contributed by atoms with Gasteiger partial charge in [-0.25, -0.2) is 17.6 Å². The highest BCUT2D eigenvalue weighted by atomic mass is 32.2. The van der Waals surface area contributed by atoms with E-state index in [4.69, 9.17) is 0 Å². The van der Waals surface area contributed by atoms with Crippen LogP contribution in [0.2, 0.25) is 0 Å². The first kappa shape index (κ1) is 18.3. The molecule has 0 bridgehead atoms. The van der Waals surface area contributed by atoms with Gasteiger partial charge in [0.2, 0.25) is 0 Å². The van der Waals surface area contributed by atoms with Crippen molar-refractivity contribution in [2.45, 2.75) is 17.0 Å². The zero-order valence-electron chi connectivity index (χ0n) is 11.0. The van der Waals surface area contributed by atoms with Crippen molar-refractivity contribution in [1.29, 1.82) is 0 Å². The highest BCUT2D eigenvalue weighted by Crippen LogP contribution is 2.45. The molecule has 0 atom stereocenters. The van der Waals surface area contributed by atoms with E-state index in [2.05, 4.69) is 4.74 Å². The lowest BCUT2D eigenvalue weighted by atomic mass is 10.0. The molecule has 124 valence electrons. The Kier molecular flexibility index (Phi) is 4.52. The monoisotopic (exact) mass is 350 g/mol. The molecule has 0 spiro atoms. The predicted molar refractivity (Wildman–Crippen MR) is 60.8 cm³/mol. The van der Waals surface area contributed by atoms with Crippen LogP contribution < -0.4 is 0 Å². The second-order valence-corrected chi connectivity index (χ2v) is 6.15. The molecule has 22 heavy (non-hydrogen) atoms. The average molecular weight is 350 g/mol. The van der Waals surface area contributed by atoms with E-state index in [1.807, 2.05) is 0 Å². The minimum Gasteiger partial charge on any atom is -0.465 e. The summed E-state index contributed by atoms with van der Waals surface area (Å²) in [5.74, 6) is -9.08. The van der Waals surface area contributed by atoms with Gasteiger partial charge in [0.1, 0.15) is 10.7 Å². The number of sulfone groups is 1. The minimum absolute atomic E-state index is 0.0888. The lowest BCUT2D eigenvalue weighted by Crippen LogP contribution is -2.35. The van der Waals surface area contributed by atoms with E-state index in [0.29, 0.717) is 13.4 Å². The maximum Gasteiger partial charge on any atom is 0.458 e. The molecule has 0 unspecified atom stereocenters. The van der Waals surface area contributed by atoms with Gasteiger partial charge in [-0.15, -0.1) is 0 Å². The fraction of sp³-hybridized carbons (Fsp3) is 0.364. The van der Waals surface area contributed by atoms with E-state index < -0.39 is 49.7 Å². The van der Waals surface area contributed by atoms with E-state index >= 15 is 0 Å². The summed E-state index contributed by atoms with van der Waals surface area (Å²) in [6, 6.07) is -0.248. The van der Waals surface area contributed by atoms with E-state index in [1.165, 1.54) is 0 Å². The Hall–Kier alpha value is -1.78. The second kappa shape index (κ2) is 5.45. The summed E-state index contributed by atoms with van der Waals surface area (Å²) in [5.41, 5.74) is -3.43. The number of methoxy groups -OCH3 is 1. The van der Waals surface area contributed by atoms with Crippen LogP contribution >= 0.6 is 0 Å². The van der Waals surface area contributed by atoms with Crippen molar-refractivity contribution in [3.8, 4) is 0 Å². The van der Waals surface area contributed by atoms with Crippen molar-refractivity contribution in [3.63, 3.8) is 0 Å². The van der Waals surface area contributed by atoms with Crippen molar-refractivity contribution < 1.29 is 44.3 Å². The molecule has 4 nitrogen and oxygen atoms in total. The van der Waals surface area contributed by atoms with Crippen LogP contribution in [0.15, 0.2) is 17.0 Å². The second-order valence-electron chi connectivity index (χ2n) is 4.16. The normalized spacial score (nSPS) is 13.1. The summed E-state index contributed by atoms with van der Waals surface area (Å²) < 4.78 is 104. The van der Waals surface area contributed by atoms with E-state index in [0.717, 1.165) is 0 Å². The topological polar surface area (TPSA) is 60.4 Å². The maximum absolute atomic E-state index is 13.6. The van der Waals surface area contributed by atoms with Gasteiger partial charge in [0.05, 0.1) is 12.7 Å². The molecular formula is C11H8F6O4S. The van der Waals surface area contributed by atoms with Crippen LogP contribution in [0.25, 0.3) is 0 Å². The third-order valence-corrected chi connectivity index (χ3v) is 3.68. The molecule has 0 radical (unpaired) electrons. The summed E-state index contributed by atoms with van der Waals surface area (Å²) in [7, 11) is -3.62. The number of carbonyl (C=O) groups excluding carboxylic acids is 1. The summed E-state index contributed by atoms with van der Waals surface area (Å²) >= 11 is 0. The molecule has 0 saturated heterocycles. The van der Waals surface area contributed by atoms with Gasteiger partial charge in [-0.3, -0.25) is 0 Å². The van der Waals surface area contributed by atoms with Gasteiger partial charge in [0.25, 0.3) is 0 Å². The summed E-state index contributed by atoms with van der Waals surface area (Å²) in [6.07, 6.45) is -5.62. The standard InChI is InChI=1S/C11H8F6O4S/c1-21-9(18)5-3-8(22(2,19)20)7(12)4-6(5)10(13,14)11(15,16)17/h3-4H,1-2H3. The first-order valence-electron chi connectivity index (χ1n) is 5.30. The van der Waals surface area contributed by atoms with Crippen LogP contribution in [0.3, 0.4) is 0 Å². The van der Waals surface area contributed by atoms with Crippen LogP contribution in [0.4, 0.5) is 26.3 Å². The predicted octanol–water partition coefficient (Wildman–Crippen LogP) is 2.67. The van der Waals surface area contributed by atoms with Crippen molar-refractivity contribution in [1.82, 2.24) is 0 Å². The molecule has 0 heterocycles. The summed E-state index contributed by atoms with van der Waals surface area (Å²) in [4.78, 5) is 10.2. The number of halogens is 6. The first-order chi connectivity index (χ1) is 9.73. The van der Waals surface area contributed by atoms with Crippen LogP contribution in [-0.2, 0) is 20.5 Å². The van der Waals surface area contributed by atoms with Gasteiger partial charge in [-0.1, -0.05) is 0 Å². The Morgan fingerprint density at radius 1 is 1.14 bits per heavy atom. The molecule has 0 fully saturated rings. The molecule has 1 aromatic carbocycles. The van der Waals surface area contributed by atoms with Crippen LogP contribution in [0.5, 0.6) is 0 Å². The van der Waals surface area contributed by atoms with Gasteiger partial charge in [0, 0.05) is 11.8 Å². The van der Waals surface area contributed by atoms with Crippen LogP contribution in [0.1, 0.15) is 15.9 Å². The molecule has 0 aromatic heterocycles. The zero-order chi connectivity index (χ0) is 17.5. The SMILES string of the molecule is COC(=O)c1cc(S(C)(=O)=O)c(F)cc1C(F)(F)C(F)(F)F. The molecule has 0 aliphatic heterocycles. The Balaban J connectivity index is 3.81. The number of esters is 1. The number of carbonyl (C=O) groups is 1. The Morgan fingerprint density at radius 2 is 1.64 bits per heavy atom. The molecular weight excluding hydrogens is 342 g/mol. The van der Waals surface area contributed by atoms with Crippen LogP contribution in [0, 0.1) is 5.82 Å². The molecule has 11 heteroatoms. The quantitative estimate of drug-likeness (QED) is 0.621. The third-order valence-electron chi connectivity index (χ3n) is 2.57. The van der Waals surface area contributed by atoms with Gasteiger partial charge in [0.15, 0.2) is 9.84 Å². The average Bonchev–Trinajstić information content (AvgIpc) is 2.34. The van der Waals surface area contributed by atoms with Crippen LogP contribution in [-0.4, -0.2) is 33.9 Å². The minimum atomic E-state index is -6.12. The number of ether oxygens (including phenoxy) is 1. The highest BCUT2D eigenvalue weighted by molar-refractivity contribution is 7.90.